The number of hydrogen-bond acceptors (Lipinski definition) is 5. The summed E-state index contributed by atoms with van der Waals surface area (Å²) in [5, 5.41) is 10.2. The number of amides is 1. The Morgan fingerprint density at radius 3 is 2.85 bits per heavy atom. The number of nitrogens with one attached hydrogen (secondary N) is 1. The summed E-state index contributed by atoms with van der Waals surface area (Å²) in [6, 6.07) is 8.88. The lowest BCUT2D eigenvalue weighted by Gasteiger charge is -2.05. The van der Waals surface area contributed by atoms with E-state index in [0.717, 1.165) is 11.1 Å². The second-order valence-corrected chi connectivity index (χ2v) is 4.21. The summed E-state index contributed by atoms with van der Waals surface area (Å²) in [5.41, 5.74) is 2.15. The second kappa shape index (κ2) is 5.00. The standard InChI is InChI=1S/C14H11N3O3/c1-9-5-6-19-12(9)13(18)16-11-4-2-3-10(7-11)14-17-15-8-20-14/h2-8H,1H3,(H,16,18). The summed E-state index contributed by atoms with van der Waals surface area (Å²) < 4.78 is 10.3. The lowest BCUT2D eigenvalue weighted by molar-refractivity contribution is 0.0996. The number of furan rings is 1. The van der Waals surface area contributed by atoms with Gasteiger partial charge in [0.2, 0.25) is 12.3 Å². The van der Waals surface area contributed by atoms with Crippen molar-refractivity contribution in [3.63, 3.8) is 0 Å². The van der Waals surface area contributed by atoms with Crippen LogP contribution >= 0.6 is 0 Å². The third kappa shape index (κ3) is 2.31. The molecule has 0 spiro atoms. The van der Waals surface area contributed by atoms with Crippen molar-refractivity contribution < 1.29 is 13.6 Å². The number of aromatic nitrogens is 2. The first kappa shape index (κ1) is 12.2. The number of nitrogens with zero attached hydrogens (tertiary/aromatic N) is 2. The van der Waals surface area contributed by atoms with Crippen LogP contribution < -0.4 is 5.32 Å². The van der Waals surface area contributed by atoms with Gasteiger partial charge in [0.15, 0.2) is 5.76 Å². The number of carbonyl (C=O) groups excluding carboxylic acids is 1. The van der Waals surface area contributed by atoms with Crippen molar-refractivity contribution in [2.24, 2.45) is 0 Å². The van der Waals surface area contributed by atoms with Crippen molar-refractivity contribution in [3.8, 4) is 11.5 Å². The lowest BCUT2D eigenvalue weighted by atomic mass is 10.2. The van der Waals surface area contributed by atoms with Gasteiger partial charge < -0.3 is 14.2 Å². The number of aryl methyl sites for hydroxylation is 1. The molecule has 0 aliphatic carbocycles. The summed E-state index contributed by atoms with van der Waals surface area (Å²) in [6.45, 7) is 1.81. The fourth-order valence-corrected chi connectivity index (χ4v) is 1.82. The highest BCUT2D eigenvalue weighted by atomic mass is 16.4. The maximum atomic E-state index is 12.0. The molecular weight excluding hydrogens is 258 g/mol. The zero-order chi connectivity index (χ0) is 13.9. The summed E-state index contributed by atoms with van der Waals surface area (Å²) in [7, 11) is 0. The fourth-order valence-electron chi connectivity index (χ4n) is 1.82. The van der Waals surface area contributed by atoms with Crippen molar-refractivity contribution in [1.82, 2.24) is 10.2 Å². The van der Waals surface area contributed by atoms with Crippen LogP contribution in [-0.2, 0) is 0 Å². The topological polar surface area (TPSA) is 81.2 Å². The molecule has 0 unspecified atom stereocenters. The van der Waals surface area contributed by atoms with Gasteiger partial charge in [-0.2, -0.15) is 0 Å². The van der Waals surface area contributed by atoms with Crippen LogP contribution in [-0.4, -0.2) is 16.1 Å². The maximum Gasteiger partial charge on any atom is 0.291 e. The van der Waals surface area contributed by atoms with Crippen LogP contribution in [0.15, 0.2) is 51.8 Å². The van der Waals surface area contributed by atoms with Crippen molar-refractivity contribution in [1.29, 1.82) is 0 Å². The Balaban J connectivity index is 1.83. The predicted octanol–water partition coefficient (Wildman–Crippen LogP) is 2.89. The van der Waals surface area contributed by atoms with E-state index >= 15 is 0 Å². The summed E-state index contributed by atoms with van der Waals surface area (Å²) in [4.78, 5) is 12.0. The molecular formula is C14H11N3O3. The average Bonchev–Trinajstić information content (AvgIpc) is 3.09. The Morgan fingerprint density at radius 2 is 2.15 bits per heavy atom. The van der Waals surface area contributed by atoms with Gasteiger partial charge in [0.05, 0.1) is 6.26 Å². The van der Waals surface area contributed by atoms with E-state index in [2.05, 4.69) is 15.5 Å². The van der Waals surface area contributed by atoms with Gasteiger partial charge in [0.25, 0.3) is 5.91 Å². The SMILES string of the molecule is Cc1ccoc1C(=O)Nc1cccc(-c2nnco2)c1. The molecule has 0 bridgehead atoms. The summed E-state index contributed by atoms with van der Waals surface area (Å²) >= 11 is 0. The Labute approximate surface area is 114 Å². The van der Waals surface area contributed by atoms with Crippen LogP contribution in [0.4, 0.5) is 5.69 Å². The average molecular weight is 269 g/mol. The number of carbonyl (C=O) groups is 1. The van der Waals surface area contributed by atoms with E-state index < -0.39 is 0 Å². The molecule has 2 aromatic heterocycles. The van der Waals surface area contributed by atoms with E-state index in [0.29, 0.717) is 17.3 Å². The monoisotopic (exact) mass is 269 g/mol. The highest BCUT2D eigenvalue weighted by Gasteiger charge is 2.13. The van der Waals surface area contributed by atoms with E-state index in [1.54, 1.807) is 24.3 Å². The Kier molecular flexibility index (Phi) is 3.04. The second-order valence-electron chi connectivity index (χ2n) is 4.21. The van der Waals surface area contributed by atoms with Gasteiger partial charge in [0, 0.05) is 16.8 Å². The zero-order valence-corrected chi connectivity index (χ0v) is 10.7. The molecule has 2 heterocycles. The van der Waals surface area contributed by atoms with Crippen molar-refractivity contribution in [2.45, 2.75) is 6.92 Å². The van der Waals surface area contributed by atoms with Crippen LogP contribution in [0, 0.1) is 6.92 Å². The molecule has 0 atom stereocenters. The number of anilines is 1. The largest absolute Gasteiger partial charge is 0.459 e. The predicted molar refractivity (Wildman–Crippen MR) is 71.1 cm³/mol. The van der Waals surface area contributed by atoms with E-state index in [-0.39, 0.29) is 5.91 Å². The van der Waals surface area contributed by atoms with E-state index in [1.807, 2.05) is 13.0 Å². The van der Waals surface area contributed by atoms with Crippen LogP contribution in [0.2, 0.25) is 0 Å². The van der Waals surface area contributed by atoms with E-state index in [4.69, 9.17) is 8.83 Å². The molecule has 0 saturated carbocycles. The van der Waals surface area contributed by atoms with Gasteiger partial charge >= 0.3 is 0 Å². The highest BCUT2D eigenvalue weighted by Crippen LogP contribution is 2.21. The molecule has 6 heteroatoms. The minimum absolute atomic E-state index is 0.296. The third-order valence-corrected chi connectivity index (χ3v) is 2.80. The first-order valence-electron chi connectivity index (χ1n) is 5.96. The molecule has 1 N–H and O–H groups in total. The molecule has 0 radical (unpaired) electrons. The quantitative estimate of drug-likeness (QED) is 0.790. The molecule has 0 aliphatic rings. The van der Waals surface area contributed by atoms with Crippen LogP contribution in [0.3, 0.4) is 0 Å². The minimum Gasteiger partial charge on any atom is -0.459 e. The number of benzene rings is 1. The van der Waals surface area contributed by atoms with E-state index in [1.165, 1.54) is 12.7 Å². The van der Waals surface area contributed by atoms with Crippen LogP contribution in [0.1, 0.15) is 16.1 Å². The van der Waals surface area contributed by atoms with Gasteiger partial charge in [-0.15, -0.1) is 10.2 Å². The zero-order valence-electron chi connectivity index (χ0n) is 10.7. The van der Waals surface area contributed by atoms with E-state index in [9.17, 15) is 4.79 Å². The van der Waals surface area contributed by atoms with Crippen molar-refractivity contribution in [2.75, 3.05) is 5.32 Å². The first-order chi connectivity index (χ1) is 9.74. The van der Waals surface area contributed by atoms with Crippen molar-refractivity contribution in [3.05, 3.63) is 54.3 Å². The Bertz CT molecular complexity index is 732. The van der Waals surface area contributed by atoms with Crippen molar-refractivity contribution >= 4 is 11.6 Å². The molecule has 3 rings (SSSR count). The molecule has 1 aromatic carbocycles. The number of hydrogen-bond donors (Lipinski definition) is 1. The molecule has 20 heavy (non-hydrogen) atoms. The molecule has 0 saturated heterocycles. The normalized spacial score (nSPS) is 10.4. The molecule has 3 aromatic rings. The van der Waals surface area contributed by atoms with Crippen LogP contribution in [0.25, 0.3) is 11.5 Å². The third-order valence-electron chi connectivity index (χ3n) is 2.80. The fraction of sp³-hybridized carbons (Fsp3) is 0.0714. The smallest absolute Gasteiger partial charge is 0.291 e. The summed E-state index contributed by atoms with van der Waals surface area (Å²) in [5.74, 6) is 0.402. The lowest BCUT2D eigenvalue weighted by Crippen LogP contribution is -2.12. The Hall–Kier alpha value is -2.89. The van der Waals surface area contributed by atoms with Gasteiger partial charge in [-0.1, -0.05) is 6.07 Å². The molecule has 100 valence electrons. The summed E-state index contributed by atoms with van der Waals surface area (Å²) in [6.07, 6.45) is 2.74. The van der Waals surface area contributed by atoms with Crippen LogP contribution in [0.5, 0.6) is 0 Å². The molecule has 6 nitrogen and oxygen atoms in total. The van der Waals surface area contributed by atoms with Gasteiger partial charge in [-0.3, -0.25) is 4.79 Å². The number of rotatable bonds is 3. The van der Waals surface area contributed by atoms with Gasteiger partial charge in [-0.05, 0) is 31.2 Å². The maximum absolute atomic E-state index is 12.0. The van der Waals surface area contributed by atoms with Gasteiger partial charge in [-0.25, -0.2) is 0 Å². The molecule has 1 amide bonds. The van der Waals surface area contributed by atoms with Gasteiger partial charge in [0.1, 0.15) is 0 Å². The molecule has 0 fully saturated rings. The molecule has 0 aliphatic heterocycles. The Morgan fingerprint density at radius 1 is 1.25 bits per heavy atom. The highest BCUT2D eigenvalue weighted by molar-refractivity contribution is 6.03. The first-order valence-corrected chi connectivity index (χ1v) is 5.96. The minimum atomic E-state index is -0.296.